The van der Waals surface area contributed by atoms with Crippen molar-refractivity contribution in [3.8, 4) is 23.1 Å². The van der Waals surface area contributed by atoms with Gasteiger partial charge in [0.1, 0.15) is 30.6 Å². The maximum absolute atomic E-state index is 5.78. The van der Waals surface area contributed by atoms with Crippen molar-refractivity contribution in [1.29, 1.82) is 0 Å². The van der Waals surface area contributed by atoms with Gasteiger partial charge in [0.15, 0.2) is 11.5 Å². The van der Waals surface area contributed by atoms with E-state index in [0.29, 0.717) is 22.8 Å². The quantitative estimate of drug-likeness (QED) is 0.672. The van der Waals surface area contributed by atoms with Crippen molar-refractivity contribution >= 4 is 12.0 Å². The van der Waals surface area contributed by atoms with Gasteiger partial charge < -0.3 is 24.8 Å². The lowest BCUT2D eigenvalue weighted by atomic mass is 10.3. The summed E-state index contributed by atoms with van der Waals surface area (Å²) in [5.74, 6) is 2.32. The van der Waals surface area contributed by atoms with Gasteiger partial charge in [0.05, 0.1) is 6.21 Å². The Morgan fingerprint density at radius 3 is 3.00 bits per heavy atom. The molecule has 8 nitrogen and oxygen atoms in total. The van der Waals surface area contributed by atoms with E-state index in [9.17, 15) is 0 Å². The number of benzene rings is 1. The lowest BCUT2D eigenvalue weighted by Crippen LogP contribution is -2.02. The molecule has 0 aliphatic carbocycles. The smallest absolute Gasteiger partial charge is 0.233 e. The first-order valence-corrected chi connectivity index (χ1v) is 6.02. The molecule has 3 rings (SSSR count). The molecule has 2 heterocycles. The fourth-order valence-electron chi connectivity index (χ4n) is 1.75. The highest BCUT2D eigenvalue weighted by Crippen LogP contribution is 2.36. The number of rotatable bonds is 4. The van der Waals surface area contributed by atoms with E-state index >= 15 is 0 Å². The van der Waals surface area contributed by atoms with Gasteiger partial charge in [-0.1, -0.05) is 5.16 Å². The highest BCUT2D eigenvalue weighted by molar-refractivity contribution is 5.88. The van der Waals surface area contributed by atoms with Crippen molar-refractivity contribution in [2.45, 2.75) is 0 Å². The topological polar surface area (TPSA) is 101 Å². The zero-order valence-electron chi connectivity index (χ0n) is 11.1. The molecule has 1 aliphatic rings. The number of ether oxygens (including phenoxy) is 3. The van der Waals surface area contributed by atoms with E-state index in [2.05, 4.69) is 20.0 Å². The van der Waals surface area contributed by atoms with Crippen LogP contribution in [0.25, 0.3) is 0 Å². The van der Waals surface area contributed by atoms with Crippen molar-refractivity contribution in [2.24, 2.45) is 5.16 Å². The fourth-order valence-corrected chi connectivity index (χ4v) is 1.75. The summed E-state index contributed by atoms with van der Waals surface area (Å²) in [5, 5.41) is 3.65. The summed E-state index contributed by atoms with van der Waals surface area (Å²) in [5.41, 5.74) is 6.21. The van der Waals surface area contributed by atoms with E-state index in [4.69, 9.17) is 19.9 Å². The van der Waals surface area contributed by atoms with Crippen molar-refractivity contribution in [3.63, 3.8) is 0 Å². The molecule has 21 heavy (non-hydrogen) atoms. The summed E-state index contributed by atoms with van der Waals surface area (Å²) in [6.45, 7) is 0.199. The van der Waals surface area contributed by atoms with Crippen LogP contribution in [-0.4, -0.2) is 30.1 Å². The Kier molecular flexibility index (Phi) is 3.42. The fraction of sp³-hybridized carbons (Fsp3) is 0.154. The molecule has 1 aromatic carbocycles. The van der Waals surface area contributed by atoms with Gasteiger partial charge in [-0.05, 0) is 12.1 Å². The van der Waals surface area contributed by atoms with Gasteiger partial charge >= 0.3 is 0 Å². The van der Waals surface area contributed by atoms with Crippen LogP contribution in [0.3, 0.4) is 0 Å². The molecule has 0 saturated heterocycles. The van der Waals surface area contributed by atoms with Crippen LogP contribution in [0.2, 0.25) is 0 Å². The van der Waals surface area contributed by atoms with E-state index in [1.54, 1.807) is 18.2 Å². The number of nitrogens with zero attached hydrogens (tertiary/aromatic N) is 3. The summed E-state index contributed by atoms with van der Waals surface area (Å²) in [7, 11) is 1.43. The maximum Gasteiger partial charge on any atom is 0.233 e. The van der Waals surface area contributed by atoms with Gasteiger partial charge in [0.25, 0.3) is 0 Å². The normalized spacial score (nSPS) is 12.6. The Morgan fingerprint density at radius 1 is 1.29 bits per heavy atom. The molecule has 1 aromatic heterocycles. The van der Waals surface area contributed by atoms with Crippen molar-refractivity contribution in [1.82, 2.24) is 9.97 Å². The molecule has 2 aromatic rings. The summed E-state index contributed by atoms with van der Waals surface area (Å²) >= 11 is 0. The number of hydrogen-bond donors (Lipinski definition) is 1. The number of nitrogens with two attached hydrogens (primary N) is 1. The number of nitrogen functional groups attached to an aromatic ring is 1. The largest absolute Gasteiger partial charge is 0.454 e. The molecule has 0 radical (unpaired) electrons. The van der Waals surface area contributed by atoms with Crippen LogP contribution >= 0.6 is 0 Å². The molecular formula is C13H12N4O4. The van der Waals surface area contributed by atoms with Crippen molar-refractivity contribution in [3.05, 3.63) is 30.1 Å². The van der Waals surface area contributed by atoms with Gasteiger partial charge in [-0.15, -0.1) is 0 Å². The highest BCUT2D eigenvalue weighted by atomic mass is 16.7. The molecule has 0 saturated carbocycles. The lowest BCUT2D eigenvalue weighted by Gasteiger charge is -2.08. The molecule has 0 fully saturated rings. The minimum atomic E-state index is 0.199. The predicted molar refractivity (Wildman–Crippen MR) is 73.7 cm³/mol. The highest BCUT2D eigenvalue weighted by Gasteiger charge is 2.16. The number of aromatic nitrogens is 2. The number of hydrogen-bond acceptors (Lipinski definition) is 8. The van der Waals surface area contributed by atoms with Gasteiger partial charge in [0, 0.05) is 6.07 Å². The SMILES string of the molecule is CO/N=C\c1c(N)ncnc1Oc1ccc2c(c1)OCO2. The van der Waals surface area contributed by atoms with Crippen LogP contribution in [0, 0.1) is 0 Å². The molecule has 2 N–H and O–H groups in total. The summed E-state index contributed by atoms with van der Waals surface area (Å²) < 4.78 is 16.2. The van der Waals surface area contributed by atoms with Crippen molar-refractivity contribution in [2.75, 3.05) is 19.6 Å². The zero-order chi connectivity index (χ0) is 14.7. The van der Waals surface area contributed by atoms with Crippen LogP contribution in [0.5, 0.6) is 23.1 Å². The summed E-state index contributed by atoms with van der Waals surface area (Å²) in [6.07, 6.45) is 2.69. The summed E-state index contributed by atoms with van der Waals surface area (Å²) in [6, 6.07) is 5.20. The summed E-state index contributed by atoms with van der Waals surface area (Å²) in [4.78, 5) is 12.6. The second-order valence-electron chi connectivity index (χ2n) is 4.01. The van der Waals surface area contributed by atoms with Crippen LogP contribution in [0.4, 0.5) is 5.82 Å². The molecule has 8 heteroatoms. The lowest BCUT2D eigenvalue weighted by molar-refractivity contribution is 0.174. The average molecular weight is 288 g/mol. The van der Waals surface area contributed by atoms with E-state index in [-0.39, 0.29) is 18.5 Å². The number of fused-ring (bicyclic) bond motifs is 1. The first-order valence-electron chi connectivity index (χ1n) is 6.02. The standard InChI is InChI=1S/C13H12N4O4/c1-18-17-5-9-12(14)15-6-16-13(9)21-8-2-3-10-11(4-8)20-7-19-10/h2-6H,7H2,1H3,(H2,14,15,16)/b17-5-. The third kappa shape index (κ3) is 2.64. The minimum absolute atomic E-state index is 0.199. The van der Waals surface area contributed by atoms with Gasteiger partial charge in [-0.2, -0.15) is 0 Å². The monoisotopic (exact) mass is 288 g/mol. The molecule has 0 atom stereocenters. The molecule has 1 aliphatic heterocycles. The second kappa shape index (κ2) is 5.53. The molecule has 0 bridgehead atoms. The van der Waals surface area contributed by atoms with Crippen LogP contribution in [0.1, 0.15) is 5.56 Å². The first kappa shape index (κ1) is 13.0. The maximum atomic E-state index is 5.78. The molecule has 0 spiro atoms. The van der Waals surface area contributed by atoms with Gasteiger partial charge in [0.2, 0.25) is 12.7 Å². The third-order valence-corrected chi connectivity index (χ3v) is 2.72. The van der Waals surface area contributed by atoms with Gasteiger partial charge in [-0.25, -0.2) is 9.97 Å². The Morgan fingerprint density at radius 2 is 2.14 bits per heavy atom. The van der Waals surface area contributed by atoms with E-state index in [1.165, 1.54) is 19.7 Å². The Bertz CT molecular complexity index is 690. The van der Waals surface area contributed by atoms with E-state index in [1.807, 2.05) is 0 Å². The number of anilines is 1. The predicted octanol–water partition coefficient (Wildman–Crippen LogP) is 1.56. The van der Waals surface area contributed by atoms with E-state index in [0.717, 1.165) is 0 Å². The molecule has 0 amide bonds. The Balaban J connectivity index is 1.91. The van der Waals surface area contributed by atoms with E-state index < -0.39 is 0 Å². The Labute approximate surface area is 120 Å². The first-order chi connectivity index (χ1) is 10.3. The number of oxime groups is 1. The van der Waals surface area contributed by atoms with Crippen LogP contribution < -0.4 is 19.9 Å². The molecule has 0 unspecified atom stereocenters. The minimum Gasteiger partial charge on any atom is -0.454 e. The Hall–Kier alpha value is -3.03. The molecular weight excluding hydrogens is 276 g/mol. The van der Waals surface area contributed by atoms with Gasteiger partial charge in [-0.3, -0.25) is 0 Å². The zero-order valence-corrected chi connectivity index (χ0v) is 11.1. The average Bonchev–Trinajstić information content (AvgIpc) is 2.94. The van der Waals surface area contributed by atoms with Crippen LogP contribution in [-0.2, 0) is 4.84 Å². The second-order valence-corrected chi connectivity index (χ2v) is 4.01. The van der Waals surface area contributed by atoms with Crippen LogP contribution in [0.15, 0.2) is 29.7 Å². The van der Waals surface area contributed by atoms with Crippen molar-refractivity contribution < 1.29 is 19.0 Å². The third-order valence-electron chi connectivity index (χ3n) is 2.72. The molecule has 108 valence electrons.